The van der Waals surface area contributed by atoms with Crippen molar-refractivity contribution in [1.29, 1.82) is 0 Å². The number of nitrogens with one attached hydrogen (secondary N) is 2. The quantitative estimate of drug-likeness (QED) is 0.693. The molecule has 124 valence electrons. The van der Waals surface area contributed by atoms with Crippen molar-refractivity contribution in [2.45, 2.75) is 18.6 Å². The molecular formula is C18H20N4OS. The van der Waals surface area contributed by atoms with E-state index in [1.54, 1.807) is 18.0 Å². The molecule has 0 spiro atoms. The number of amides is 1. The Hall–Kier alpha value is -2.34. The molecule has 3 rings (SSSR count). The number of imidazole rings is 1. The van der Waals surface area contributed by atoms with Crippen molar-refractivity contribution in [3.05, 3.63) is 60.2 Å². The largest absolute Gasteiger partial charge is 0.355 e. The van der Waals surface area contributed by atoms with Crippen molar-refractivity contribution >= 4 is 28.7 Å². The fourth-order valence-corrected chi connectivity index (χ4v) is 3.14. The molecule has 5 nitrogen and oxygen atoms in total. The number of aromatic amines is 1. The third-order valence-electron chi connectivity index (χ3n) is 3.69. The van der Waals surface area contributed by atoms with Crippen LogP contribution >= 0.6 is 11.8 Å². The first-order valence-electron chi connectivity index (χ1n) is 7.95. The van der Waals surface area contributed by atoms with Crippen LogP contribution in [-0.2, 0) is 11.2 Å². The summed E-state index contributed by atoms with van der Waals surface area (Å²) in [5, 5.41) is 3.07. The number of nitrogens with zero attached hydrogens (tertiary/aromatic N) is 2. The van der Waals surface area contributed by atoms with E-state index in [0.717, 1.165) is 29.0 Å². The third kappa shape index (κ3) is 4.35. The second-order valence-electron chi connectivity index (χ2n) is 5.51. The Bertz CT molecular complexity index is 770. The van der Waals surface area contributed by atoms with Gasteiger partial charge in [0.25, 0.3) is 0 Å². The van der Waals surface area contributed by atoms with Crippen molar-refractivity contribution in [2.24, 2.45) is 0 Å². The number of H-pyrrole nitrogens is 1. The summed E-state index contributed by atoms with van der Waals surface area (Å²) in [4.78, 5) is 24.1. The number of benzene rings is 1. The molecule has 0 bridgehead atoms. The molecule has 1 atom stereocenters. The normalized spacial score (nSPS) is 12.2. The Labute approximate surface area is 145 Å². The number of hydrogen-bond acceptors (Lipinski definition) is 4. The Morgan fingerprint density at radius 1 is 1.25 bits per heavy atom. The lowest BCUT2D eigenvalue weighted by Gasteiger charge is -2.09. The number of fused-ring (bicyclic) bond motifs is 1. The molecule has 0 fully saturated rings. The molecule has 0 aliphatic heterocycles. The Morgan fingerprint density at radius 2 is 2.08 bits per heavy atom. The number of pyridine rings is 1. The summed E-state index contributed by atoms with van der Waals surface area (Å²) in [6, 6.07) is 13.7. The van der Waals surface area contributed by atoms with Crippen molar-refractivity contribution in [3.63, 3.8) is 0 Å². The molecule has 0 saturated heterocycles. The van der Waals surface area contributed by atoms with Crippen LogP contribution in [0.1, 0.15) is 23.7 Å². The summed E-state index contributed by atoms with van der Waals surface area (Å²) in [6.07, 6.45) is 2.51. The first-order chi connectivity index (χ1) is 11.7. The SMILES string of the molecule is C[C@H](SCC(=O)NCCc1ccccn1)c1nc2ccccc2[nH]1. The van der Waals surface area contributed by atoms with Gasteiger partial charge in [0.15, 0.2) is 0 Å². The van der Waals surface area contributed by atoms with Gasteiger partial charge in [0, 0.05) is 24.9 Å². The molecule has 3 aromatic rings. The lowest BCUT2D eigenvalue weighted by Crippen LogP contribution is -2.27. The minimum Gasteiger partial charge on any atom is -0.355 e. The van der Waals surface area contributed by atoms with Gasteiger partial charge in [-0.1, -0.05) is 18.2 Å². The molecular weight excluding hydrogens is 320 g/mol. The van der Waals surface area contributed by atoms with Crippen LogP contribution in [0.4, 0.5) is 0 Å². The van der Waals surface area contributed by atoms with Crippen molar-refractivity contribution < 1.29 is 4.79 Å². The van der Waals surface area contributed by atoms with Gasteiger partial charge in [-0.25, -0.2) is 4.98 Å². The molecule has 2 aromatic heterocycles. The van der Waals surface area contributed by atoms with Crippen molar-refractivity contribution in [1.82, 2.24) is 20.3 Å². The molecule has 0 unspecified atom stereocenters. The van der Waals surface area contributed by atoms with E-state index >= 15 is 0 Å². The van der Waals surface area contributed by atoms with Crippen molar-refractivity contribution in [3.8, 4) is 0 Å². The van der Waals surface area contributed by atoms with E-state index in [4.69, 9.17) is 0 Å². The van der Waals surface area contributed by atoms with Crippen LogP contribution in [0.5, 0.6) is 0 Å². The maximum atomic E-state index is 12.0. The highest BCUT2D eigenvalue weighted by Gasteiger charge is 2.13. The molecule has 0 aliphatic rings. The zero-order chi connectivity index (χ0) is 16.8. The molecule has 0 radical (unpaired) electrons. The van der Waals surface area contributed by atoms with Crippen LogP contribution in [0.25, 0.3) is 11.0 Å². The fraction of sp³-hybridized carbons (Fsp3) is 0.278. The Balaban J connectivity index is 1.43. The summed E-state index contributed by atoms with van der Waals surface area (Å²) < 4.78 is 0. The van der Waals surface area contributed by atoms with Gasteiger partial charge < -0.3 is 10.3 Å². The maximum Gasteiger partial charge on any atom is 0.230 e. The molecule has 6 heteroatoms. The number of para-hydroxylation sites is 2. The van der Waals surface area contributed by atoms with Crippen LogP contribution in [0.3, 0.4) is 0 Å². The number of carbonyl (C=O) groups is 1. The van der Waals surface area contributed by atoms with E-state index in [2.05, 4.69) is 27.2 Å². The zero-order valence-corrected chi connectivity index (χ0v) is 14.3. The number of hydrogen-bond donors (Lipinski definition) is 2. The van der Waals surface area contributed by atoms with Gasteiger partial charge in [-0.05, 0) is 31.2 Å². The van der Waals surface area contributed by atoms with Crippen LogP contribution in [0, 0.1) is 0 Å². The van der Waals surface area contributed by atoms with E-state index in [9.17, 15) is 4.79 Å². The van der Waals surface area contributed by atoms with E-state index in [-0.39, 0.29) is 11.2 Å². The predicted molar refractivity (Wildman–Crippen MR) is 97.9 cm³/mol. The summed E-state index contributed by atoms with van der Waals surface area (Å²) in [5.41, 5.74) is 2.97. The molecule has 1 aromatic carbocycles. The van der Waals surface area contributed by atoms with Gasteiger partial charge in [0.1, 0.15) is 5.82 Å². The molecule has 1 amide bonds. The lowest BCUT2D eigenvalue weighted by molar-refractivity contribution is -0.118. The second kappa shape index (κ2) is 7.97. The van der Waals surface area contributed by atoms with Gasteiger partial charge in [-0.2, -0.15) is 0 Å². The first kappa shape index (κ1) is 16.5. The topological polar surface area (TPSA) is 70.7 Å². The van der Waals surface area contributed by atoms with Crippen molar-refractivity contribution in [2.75, 3.05) is 12.3 Å². The highest BCUT2D eigenvalue weighted by atomic mass is 32.2. The average Bonchev–Trinajstić information content (AvgIpc) is 3.05. The highest BCUT2D eigenvalue weighted by Crippen LogP contribution is 2.27. The lowest BCUT2D eigenvalue weighted by atomic mass is 10.3. The summed E-state index contributed by atoms with van der Waals surface area (Å²) >= 11 is 1.58. The van der Waals surface area contributed by atoms with Crippen LogP contribution in [-0.4, -0.2) is 33.2 Å². The van der Waals surface area contributed by atoms with Gasteiger partial charge in [0.05, 0.1) is 22.0 Å². The predicted octanol–water partition coefficient (Wildman–Crippen LogP) is 3.11. The standard InChI is InChI=1S/C18H20N4OS/c1-13(18-21-15-7-2-3-8-16(15)22-18)24-12-17(23)20-11-9-14-6-4-5-10-19-14/h2-8,10,13H,9,11-12H2,1H3,(H,20,23)(H,21,22)/t13-/m0/s1. The zero-order valence-electron chi connectivity index (χ0n) is 13.5. The van der Waals surface area contributed by atoms with Crippen LogP contribution in [0.15, 0.2) is 48.7 Å². The molecule has 0 aliphatic carbocycles. The van der Waals surface area contributed by atoms with E-state index in [1.165, 1.54) is 0 Å². The third-order valence-corrected chi connectivity index (χ3v) is 4.84. The van der Waals surface area contributed by atoms with E-state index < -0.39 is 0 Å². The molecule has 2 heterocycles. The average molecular weight is 340 g/mol. The number of carbonyl (C=O) groups excluding carboxylic acids is 1. The summed E-state index contributed by atoms with van der Waals surface area (Å²) in [7, 11) is 0. The molecule has 0 saturated carbocycles. The van der Waals surface area contributed by atoms with Gasteiger partial charge in [0.2, 0.25) is 5.91 Å². The smallest absolute Gasteiger partial charge is 0.230 e. The van der Waals surface area contributed by atoms with Crippen LogP contribution < -0.4 is 5.32 Å². The monoisotopic (exact) mass is 340 g/mol. The highest BCUT2D eigenvalue weighted by molar-refractivity contribution is 8.00. The minimum atomic E-state index is 0.0406. The fourth-order valence-electron chi connectivity index (χ4n) is 2.37. The Morgan fingerprint density at radius 3 is 2.88 bits per heavy atom. The van der Waals surface area contributed by atoms with E-state index in [1.807, 2.05) is 42.5 Å². The second-order valence-corrected chi connectivity index (χ2v) is 6.84. The minimum absolute atomic E-state index is 0.0406. The Kier molecular flexibility index (Phi) is 5.48. The van der Waals surface area contributed by atoms with Gasteiger partial charge >= 0.3 is 0 Å². The summed E-state index contributed by atoms with van der Waals surface area (Å²) in [5.74, 6) is 1.36. The first-order valence-corrected chi connectivity index (χ1v) is 9.00. The van der Waals surface area contributed by atoms with Gasteiger partial charge in [-0.3, -0.25) is 9.78 Å². The summed E-state index contributed by atoms with van der Waals surface area (Å²) in [6.45, 7) is 2.67. The van der Waals surface area contributed by atoms with Crippen LogP contribution in [0.2, 0.25) is 0 Å². The number of rotatable bonds is 7. The number of thioether (sulfide) groups is 1. The molecule has 2 N–H and O–H groups in total. The number of aromatic nitrogens is 3. The van der Waals surface area contributed by atoms with E-state index in [0.29, 0.717) is 12.3 Å². The maximum absolute atomic E-state index is 12.0. The van der Waals surface area contributed by atoms with Gasteiger partial charge in [-0.15, -0.1) is 11.8 Å². The molecule has 24 heavy (non-hydrogen) atoms.